The van der Waals surface area contributed by atoms with Crippen LogP contribution in [0.5, 0.6) is 11.5 Å². The number of aromatic nitrogens is 3. The van der Waals surface area contributed by atoms with Gasteiger partial charge in [0.15, 0.2) is 0 Å². The van der Waals surface area contributed by atoms with Crippen molar-refractivity contribution in [3.63, 3.8) is 0 Å². The van der Waals surface area contributed by atoms with Gasteiger partial charge >= 0.3 is 0 Å². The van der Waals surface area contributed by atoms with Crippen LogP contribution in [0.25, 0.3) is 39.2 Å². The molecule has 6 heteroatoms. The smallest absolute Gasteiger partial charge is 0.123 e. The van der Waals surface area contributed by atoms with Gasteiger partial charge in [-0.1, -0.05) is 6.07 Å². The molecule has 2 aromatic heterocycles. The maximum atomic E-state index is 13.6. The van der Waals surface area contributed by atoms with E-state index in [0.717, 1.165) is 50.7 Å². The lowest BCUT2D eigenvalue weighted by atomic mass is 10.1. The zero-order valence-electron chi connectivity index (χ0n) is 17.6. The first kappa shape index (κ1) is 19.8. The highest BCUT2D eigenvalue weighted by molar-refractivity contribution is 5.82. The van der Waals surface area contributed by atoms with Gasteiger partial charge in [-0.2, -0.15) is 5.10 Å². The summed E-state index contributed by atoms with van der Waals surface area (Å²) in [5, 5.41) is 5.62. The summed E-state index contributed by atoms with van der Waals surface area (Å²) in [6, 6.07) is 25.8. The van der Waals surface area contributed by atoms with Gasteiger partial charge in [0.2, 0.25) is 0 Å². The van der Waals surface area contributed by atoms with Gasteiger partial charge in [-0.15, -0.1) is 0 Å². The summed E-state index contributed by atoms with van der Waals surface area (Å²) in [4.78, 5) is 4.77. The van der Waals surface area contributed by atoms with Gasteiger partial charge in [0.25, 0.3) is 0 Å². The van der Waals surface area contributed by atoms with E-state index in [9.17, 15) is 4.39 Å². The fourth-order valence-electron chi connectivity index (χ4n) is 3.63. The number of halogens is 1. The Hall–Kier alpha value is -4.19. The van der Waals surface area contributed by atoms with E-state index < -0.39 is 0 Å². The second kappa shape index (κ2) is 8.15. The Kier molecular flexibility index (Phi) is 5.03. The van der Waals surface area contributed by atoms with Gasteiger partial charge in [0, 0.05) is 10.9 Å². The third-order valence-electron chi connectivity index (χ3n) is 5.33. The molecule has 158 valence electrons. The van der Waals surface area contributed by atoms with Crippen LogP contribution in [0.1, 0.15) is 0 Å². The molecule has 5 nitrogen and oxygen atoms in total. The van der Waals surface area contributed by atoms with Crippen LogP contribution in [0.15, 0.2) is 84.9 Å². The normalized spacial score (nSPS) is 11.0. The van der Waals surface area contributed by atoms with E-state index >= 15 is 0 Å². The molecule has 5 aromatic rings. The Morgan fingerprint density at radius 2 is 1.41 bits per heavy atom. The first-order valence-electron chi connectivity index (χ1n) is 10.1. The van der Waals surface area contributed by atoms with Crippen molar-refractivity contribution in [2.75, 3.05) is 14.2 Å². The summed E-state index contributed by atoms with van der Waals surface area (Å²) in [5.74, 6) is 1.27. The predicted octanol–water partition coefficient (Wildman–Crippen LogP) is 5.91. The zero-order valence-corrected chi connectivity index (χ0v) is 17.6. The van der Waals surface area contributed by atoms with Crippen molar-refractivity contribution in [1.82, 2.24) is 14.8 Å². The van der Waals surface area contributed by atoms with E-state index in [1.807, 2.05) is 71.4 Å². The predicted molar refractivity (Wildman–Crippen MR) is 123 cm³/mol. The number of pyridine rings is 1. The highest BCUT2D eigenvalue weighted by Crippen LogP contribution is 2.30. The second-order valence-corrected chi connectivity index (χ2v) is 7.29. The molecule has 0 N–H and O–H groups in total. The number of benzene rings is 3. The minimum Gasteiger partial charge on any atom is -0.497 e. The second-order valence-electron chi connectivity index (χ2n) is 7.29. The van der Waals surface area contributed by atoms with Gasteiger partial charge in [-0.25, -0.2) is 14.1 Å². The van der Waals surface area contributed by atoms with Crippen molar-refractivity contribution in [1.29, 1.82) is 0 Å². The number of hydrogen-bond donors (Lipinski definition) is 0. The SMILES string of the molecule is COc1ccc(-c2cc(-c3ccc4cc(F)ccc4n3)n(-c3ccc(OC)cc3)n2)cc1. The Morgan fingerprint density at radius 3 is 2.09 bits per heavy atom. The van der Waals surface area contributed by atoms with Crippen LogP contribution in [-0.4, -0.2) is 29.0 Å². The summed E-state index contributed by atoms with van der Waals surface area (Å²) in [5.41, 5.74) is 4.93. The lowest BCUT2D eigenvalue weighted by Gasteiger charge is -2.09. The first-order valence-corrected chi connectivity index (χ1v) is 10.1. The standard InChI is InChI=1S/C26H20FN3O2/c1-31-21-9-3-17(4-10-21)25-16-26(30(29-25)20-7-11-22(32-2)12-8-20)24-13-5-18-15-19(27)6-14-23(18)28-24/h3-16H,1-2H3. The molecule has 0 aliphatic carbocycles. The van der Waals surface area contributed by atoms with Crippen LogP contribution in [0, 0.1) is 5.82 Å². The molecule has 0 atom stereocenters. The van der Waals surface area contributed by atoms with Crippen molar-refractivity contribution in [2.24, 2.45) is 0 Å². The summed E-state index contributed by atoms with van der Waals surface area (Å²) < 4.78 is 26.0. The van der Waals surface area contributed by atoms with Crippen LogP contribution >= 0.6 is 0 Å². The molecule has 3 aromatic carbocycles. The number of hydrogen-bond acceptors (Lipinski definition) is 4. The van der Waals surface area contributed by atoms with E-state index in [-0.39, 0.29) is 5.82 Å². The number of methoxy groups -OCH3 is 2. The molecular formula is C26H20FN3O2. The Bertz CT molecular complexity index is 1390. The molecule has 0 radical (unpaired) electrons. The minimum atomic E-state index is -0.280. The molecule has 0 aliphatic rings. The van der Waals surface area contributed by atoms with Crippen LogP contribution in [0.3, 0.4) is 0 Å². The molecule has 0 aliphatic heterocycles. The quantitative estimate of drug-likeness (QED) is 0.351. The number of nitrogens with zero attached hydrogens (tertiary/aromatic N) is 3. The average Bonchev–Trinajstić information content (AvgIpc) is 3.29. The molecule has 0 bridgehead atoms. The fraction of sp³-hybridized carbons (Fsp3) is 0.0769. The molecule has 0 spiro atoms. The topological polar surface area (TPSA) is 49.2 Å². The summed E-state index contributed by atoms with van der Waals surface area (Å²) >= 11 is 0. The van der Waals surface area contributed by atoms with Gasteiger partial charge in [0.05, 0.1) is 42.5 Å². The molecule has 5 rings (SSSR count). The molecule has 0 unspecified atom stereocenters. The van der Waals surface area contributed by atoms with Crippen LogP contribution < -0.4 is 9.47 Å². The van der Waals surface area contributed by atoms with E-state index in [1.165, 1.54) is 12.1 Å². The first-order chi connectivity index (χ1) is 15.6. The zero-order chi connectivity index (χ0) is 22.1. The highest BCUT2D eigenvalue weighted by atomic mass is 19.1. The molecule has 0 saturated heterocycles. The molecule has 0 saturated carbocycles. The largest absolute Gasteiger partial charge is 0.497 e. The van der Waals surface area contributed by atoms with E-state index in [0.29, 0.717) is 0 Å². The van der Waals surface area contributed by atoms with Crippen molar-refractivity contribution in [3.8, 4) is 39.8 Å². The number of fused-ring (bicyclic) bond motifs is 1. The van der Waals surface area contributed by atoms with Crippen molar-refractivity contribution in [3.05, 3.63) is 90.7 Å². The molecule has 32 heavy (non-hydrogen) atoms. The third-order valence-corrected chi connectivity index (χ3v) is 5.33. The van der Waals surface area contributed by atoms with Crippen LogP contribution in [0.2, 0.25) is 0 Å². The maximum absolute atomic E-state index is 13.6. The van der Waals surface area contributed by atoms with Crippen molar-refractivity contribution in [2.45, 2.75) is 0 Å². The van der Waals surface area contributed by atoms with Gasteiger partial charge < -0.3 is 9.47 Å². The van der Waals surface area contributed by atoms with E-state index in [4.69, 9.17) is 19.6 Å². The van der Waals surface area contributed by atoms with Crippen molar-refractivity contribution < 1.29 is 13.9 Å². The van der Waals surface area contributed by atoms with Gasteiger partial charge in [-0.3, -0.25) is 0 Å². The molecule has 0 fully saturated rings. The third kappa shape index (κ3) is 3.67. The minimum absolute atomic E-state index is 0.280. The Balaban J connectivity index is 1.66. The summed E-state index contributed by atoms with van der Waals surface area (Å²) in [6.07, 6.45) is 0. The molecular weight excluding hydrogens is 405 g/mol. The molecule has 0 amide bonds. The van der Waals surface area contributed by atoms with E-state index in [1.54, 1.807) is 20.3 Å². The fourth-order valence-corrected chi connectivity index (χ4v) is 3.63. The Labute approximate surface area is 184 Å². The van der Waals surface area contributed by atoms with Gasteiger partial charge in [-0.05, 0) is 78.9 Å². The maximum Gasteiger partial charge on any atom is 0.123 e. The summed E-state index contributed by atoms with van der Waals surface area (Å²) in [6.45, 7) is 0. The highest BCUT2D eigenvalue weighted by Gasteiger charge is 2.15. The molecule has 2 heterocycles. The monoisotopic (exact) mass is 425 g/mol. The lowest BCUT2D eigenvalue weighted by Crippen LogP contribution is -2.00. The van der Waals surface area contributed by atoms with Gasteiger partial charge in [0.1, 0.15) is 17.3 Å². The Morgan fingerprint density at radius 1 is 0.719 bits per heavy atom. The number of rotatable bonds is 5. The van der Waals surface area contributed by atoms with Crippen molar-refractivity contribution >= 4 is 10.9 Å². The summed E-state index contributed by atoms with van der Waals surface area (Å²) in [7, 11) is 3.28. The number of ether oxygens (including phenoxy) is 2. The average molecular weight is 425 g/mol. The lowest BCUT2D eigenvalue weighted by molar-refractivity contribution is 0.414. The van der Waals surface area contributed by atoms with E-state index in [2.05, 4.69) is 0 Å². The van der Waals surface area contributed by atoms with Crippen LogP contribution in [-0.2, 0) is 0 Å². The van der Waals surface area contributed by atoms with Crippen LogP contribution in [0.4, 0.5) is 4.39 Å².